The average Bonchev–Trinajstić information content (AvgIpc) is 3.03. The minimum absolute atomic E-state index is 0.117. The molecule has 1 heterocycles. The first-order valence-electron chi connectivity index (χ1n) is 9.25. The first-order valence-corrected chi connectivity index (χ1v) is 10.3. The van der Waals surface area contributed by atoms with Gasteiger partial charge in [-0.3, -0.25) is 4.79 Å². The Labute approximate surface area is 183 Å². The Morgan fingerprint density at radius 3 is 2.38 bits per heavy atom. The Balaban J connectivity index is 1.52. The number of ether oxygens (including phenoxy) is 1. The van der Waals surface area contributed by atoms with Gasteiger partial charge in [0.05, 0.1) is 20.5 Å². The summed E-state index contributed by atoms with van der Waals surface area (Å²) in [5.41, 5.74) is 4.13. The SMILES string of the molecule is CC1=NN(c2ccccc2)C(=O)/C1=C/c1ccc(OCc2ccccc2)c(I)c1. The Morgan fingerprint density at radius 2 is 1.69 bits per heavy atom. The summed E-state index contributed by atoms with van der Waals surface area (Å²) in [6.45, 7) is 2.38. The standard InChI is InChI=1S/C24H19IN2O2/c1-17-21(24(28)27(26-17)20-10-6-3-7-11-20)14-19-12-13-23(22(25)15-19)29-16-18-8-4-2-5-9-18/h2-15H,16H2,1H3/b21-14+. The number of amides is 1. The van der Waals surface area contributed by atoms with E-state index >= 15 is 0 Å². The number of hydrazone groups is 1. The van der Waals surface area contributed by atoms with Crippen molar-refractivity contribution in [2.45, 2.75) is 13.5 Å². The van der Waals surface area contributed by atoms with Gasteiger partial charge < -0.3 is 4.74 Å². The highest BCUT2D eigenvalue weighted by Crippen LogP contribution is 2.27. The summed E-state index contributed by atoms with van der Waals surface area (Å²) in [4.78, 5) is 12.8. The number of hydrogen-bond donors (Lipinski definition) is 0. The first kappa shape index (κ1) is 19.4. The van der Waals surface area contributed by atoms with Gasteiger partial charge in [-0.05, 0) is 71.0 Å². The third kappa shape index (κ3) is 4.40. The average molecular weight is 494 g/mol. The van der Waals surface area contributed by atoms with Gasteiger partial charge in [0.15, 0.2) is 0 Å². The molecule has 1 amide bonds. The van der Waals surface area contributed by atoms with Crippen molar-refractivity contribution in [3.63, 3.8) is 0 Å². The third-order valence-corrected chi connectivity index (χ3v) is 5.41. The summed E-state index contributed by atoms with van der Waals surface area (Å²) in [6, 6.07) is 25.4. The Kier molecular flexibility index (Phi) is 5.76. The molecule has 0 N–H and O–H groups in total. The molecule has 1 aliphatic heterocycles. The fraction of sp³-hybridized carbons (Fsp3) is 0.0833. The van der Waals surface area contributed by atoms with Crippen LogP contribution in [-0.2, 0) is 11.4 Å². The zero-order valence-corrected chi connectivity index (χ0v) is 18.0. The maximum absolute atomic E-state index is 12.8. The van der Waals surface area contributed by atoms with Crippen molar-refractivity contribution >= 4 is 46.0 Å². The zero-order chi connectivity index (χ0) is 20.2. The van der Waals surface area contributed by atoms with Gasteiger partial charge in [-0.15, -0.1) is 0 Å². The molecule has 0 radical (unpaired) electrons. The second kappa shape index (κ2) is 8.61. The number of carbonyl (C=O) groups is 1. The molecule has 0 saturated carbocycles. The maximum atomic E-state index is 12.8. The largest absolute Gasteiger partial charge is 0.488 e. The topological polar surface area (TPSA) is 41.9 Å². The summed E-state index contributed by atoms with van der Waals surface area (Å²) >= 11 is 2.26. The molecule has 0 aliphatic carbocycles. The van der Waals surface area contributed by atoms with Crippen LogP contribution < -0.4 is 9.75 Å². The number of hydrogen-bond acceptors (Lipinski definition) is 3. The van der Waals surface area contributed by atoms with E-state index < -0.39 is 0 Å². The molecule has 3 aromatic rings. The lowest BCUT2D eigenvalue weighted by Crippen LogP contribution is -2.21. The quantitative estimate of drug-likeness (QED) is 0.339. The van der Waals surface area contributed by atoms with Crippen LogP contribution in [0.3, 0.4) is 0 Å². The molecule has 4 rings (SSSR count). The van der Waals surface area contributed by atoms with E-state index in [1.807, 2.05) is 91.9 Å². The summed E-state index contributed by atoms with van der Waals surface area (Å²) in [7, 11) is 0. The van der Waals surface area contributed by atoms with Crippen molar-refractivity contribution in [2.75, 3.05) is 5.01 Å². The van der Waals surface area contributed by atoms with E-state index in [9.17, 15) is 4.79 Å². The number of halogens is 1. The molecular formula is C24H19IN2O2. The second-order valence-corrected chi connectivity index (χ2v) is 7.82. The van der Waals surface area contributed by atoms with Crippen LogP contribution in [0.15, 0.2) is 89.5 Å². The van der Waals surface area contributed by atoms with Crippen LogP contribution in [0.4, 0.5) is 5.69 Å². The van der Waals surface area contributed by atoms with Crippen molar-refractivity contribution in [1.29, 1.82) is 0 Å². The van der Waals surface area contributed by atoms with Crippen molar-refractivity contribution in [1.82, 2.24) is 0 Å². The third-order valence-electron chi connectivity index (χ3n) is 4.57. The Bertz CT molecular complexity index is 1090. The van der Waals surface area contributed by atoms with Gasteiger partial charge in [0.1, 0.15) is 12.4 Å². The summed E-state index contributed by atoms with van der Waals surface area (Å²) < 4.78 is 6.93. The highest BCUT2D eigenvalue weighted by Gasteiger charge is 2.28. The normalized spacial score (nSPS) is 15.0. The van der Waals surface area contributed by atoms with E-state index in [-0.39, 0.29) is 5.91 Å². The second-order valence-electron chi connectivity index (χ2n) is 6.66. The van der Waals surface area contributed by atoms with Gasteiger partial charge in [-0.1, -0.05) is 54.6 Å². The van der Waals surface area contributed by atoms with E-state index in [0.717, 1.165) is 26.1 Å². The molecule has 0 saturated heterocycles. The molecule has 0 bridgehead atoms. The van der Waals surface area contributed by atoms with Gasteiger partial charge in [0, 0.05) is 0 Å². The number of nitrogens with zero attached hydrogens (tertiary/aromatic N) is 2. The van der Waals surface area contributed by atoms with Crippen LogP contribution in [0.2, 0.25) is 0 Å². The molecule has 0 atom stereocenters. The fourth-order valence-electron chi connectivity index (χ4n) is 3.05. The summed E-state index contributed by atoms with van der Waals surface area (Å²) in [5, 5.41) is 5.87. The van der Waals surface area contributed by atoms with Crippen molar-refractivity contribution < 1.29 is 9.53 Å². The first-order chi connectivity index (χ1) is 14.1. The molecule has 0 fully saturated rings. The predicted molar refractivity (Wildman–Crippen MR) is 125 cm³/mol. The molecule has 3 aromatic carbocycles. The zero-order valence-electron chi connectivity index (χ0n) is 15.9. The van der Waals surface area contributed by atoms with Crippen LogP contribution in [0, 0.1) is 3.57 Å². The number of benzene rings is 3. The smallest absolute Gasteiger partial charge is 0.280 e. The monoisotopic (exact) mass is 494 g/mol. The lowest BCUT2D eigenvalue weighted by molar-refractivity contribution is -0.114. The van der Waals surface area contributed by atoms with Crippen LogP contribution in [0.1, 0.15) is 18.1 Å². The highest BCUT2D eigenvalue weighted by molar-refractivity contribution is 14.1. The van der Waals surface area contributed by atoms with E-state index in [1.54, 1.807) is 0 Å². The molecule has 0 aromatic heterocycles. The van der Waals surface area contributed by atoms with Crippen LogP contribution in [0.5, 0.6) is 5.75 Å². The van der Waals surface area contributed by atoms with Crippen molar-refractivity contribution in [3.8, 4) is 5.75 Å². The number of anilines is 1. The van der Waals surface area contributed by atoms with E-state index in [4.69, 9.17) is 4.74 Å². The van der Waals surface area contributed by atoms with E-state index in [2.05, 4.69) is 27.7 Å². The molecule has 1 aliphatic rings. The molecule has 5 heteroatoms. The minimum atomic E-state index is -0.117. The summed E-state index contributed by atoms with van der Waals surface area (Å²) in [6.07, 6.45) is 1.88. The van der Waals surface area contributed by atoms with Gasteiger partial charge >= 0.3 is 0 Å². The Morgan fingerprint density at radius 1 is 1.00 bits per heavy atom. The minimum Gasteiger partial charge on any atom is -0.488 e. The van der Waals surface area contributed by atoms with Crippen molar-refractivity contribution in [2.24, 2.45) is 5.10 Å². The highest BCUT2D eigenvalue weighted by atomic mass is 127. The van der Waals surface area contributed by atoms with Gasteiger partial charge in [-0.25, -0.2) is 0 Å². The maximum Gasteiger partial charge on any atom is 0.280 e. The van der Waals surface area contributed by atoms with Crippen LogP contribution >= 0.6 is 22.6 Å². The predicted octanol–water partition coefficient (Wildman–Crippen LogP) is 5.68. The molecule has 144 valence electrons. The molecular weight excluding hydrogens is 475 g/mol. The van der Waals surface area contributed by atoms with Crippen molar-refractivity contribution in [3.05, 3.63) is 99.1 Å². The lowest BCUT2D eigenvalue weighted by Gasteiger charge is -2.11. The van der Waals surface area contributed by atoms with E-state index in [1.165, 1.54) is 5.01 Å². The fourth-order valence-corrected chi connectivity index (χ4v) is 3.75. The van der Waals surface area contributed by atoms with E-state index in [0.29, 0.717) is 17.9 Å². The number of carbonyl (C=O) groups excluding carboxylic acids is 1. The molecule has 4 nitrogen and oxygen atoms in total. The summed E-state index contributed by atoms with van der Waals surface area (Å²) in [5.74, 6) is 0.707. The number of rotatable bonds is 5. The van der Waals surface area contributed by atoms with Gasteiger partial charge in [0.25, 0.3) is 5.91 Å². The molecule has 29 heavy (non-hydrogen) atoms. The van der Waals surface area contributed by atoms with Gasteiger partial charge in [0.2, 0.25) is 0 Å². The van der Waals surface area contributed by atoms with Crippen LogP contribution in [-0.4, -0.2) is 11.6 Å². The Hall–Kier alpha value is -2.93. The number of para-hydroxylation sites is 1. The molecule has 0 unspecified atom stereocenters. The molecule has 0 spiro atoms. The van der Waals surface area contributed by atoms with Gasteiger partial charge in [-0.2, -0.15) is 10.1 Å². The van der Waals surface area contributed by atoms with Crippen LogP contribution in [0.25, 0.3) is 6.08 Å². The lowest BCUT2D eigenvalue weighted by atomic mass is 10.1.